The Hall–Kier alpha value is -3.26. The summed E-state index contributed by atoms with van der Waals surface area (Å²) in [6.45, 7) is 6.59. The number of hydrogen-bond acceptors (Lipinski definition) is 6. The molecule has 2 aromatic carbocycles. The van der Waals surface area contributed by atoms with Crippen molar-refractivity contribution in [1.82, 2.24) is 30.4 Å². The molecule has 0 aliphatic rings. The van der Waals surface area contributed by atoms with Crippen molar-refractivity contribution in [3.8, 4) is 11.4 Å². The molecule has 0 radical (unpaired) electrons. The van der Waals surface area contributed by atoms with E-state index in [0.717, 1.165) is 35.7 Å². The number of nitrogens with one attached hydrogen (secondary N) is 1. The Balaban J connectivity index is 1.63. The summed E-state index contributed by atoms with van der Waals surface area (Å²) in [5, 5.41) is 14.2. The van der Waals surface area contributed by atoms with Crippen LogP contribution in [0.1, 0.15) is 31.0 Å². The lowest BCUT2D eigenvalue weighted by Crippen LogP contribution is -2.38. The highest BCUT2D eigenvalue weighted by Gasteiger charge is 2.19. The molecular weight excluding hydrogens is 380 g/mol. The molecule has 0 bridgehead atoms. The van der Waals surface area contributed by atoms with Crippen LogP contribution in [-0.2, 0) is 11.2 Å². The van der Waals surface area contributed by atoms with Crippen molar-refractivity contribution in [2.75, 3.05) is 26.7 Å². The molecule has 1 amide bonds. The monoisotopic (exact) mass is 408 g/mol. The zero-order valence-electron chi connectivity index (χ0n) is 17.7. The van der Waals surface area contributed by atoms with Crippen LogP contribution in [-0.4, -0.2) is 57.8 Å². The molecule has 8 heteroatoms. The van der Waals surface area contributed by atoms with Crippen LogP contribution in [0.5, 0.6) is 5.75 Å². The third-order valence-corrected chi connectivity index (χ3v) is 5.14. The Bertz CT molecular complexity index is 923. The van der Waals surface area contributed by atoms with Crippen molar-refractivity contribution in [2.45, 2.75) is 26.3 Å². The van der Waals surface area contributed by atoms with Gasteiger partial charge in [0.2, 0.25) is 5.91 Å². The highest BCUT2D eigenvalue weighted by Crippen LogP contribution is 2.24. The lowest BCUT2D eigenvalue weighted by Gasteiger charge is -2.30. The van der Waals surface area contributed by atoms with E-state index in [2.05, 4.69) is 45.7 Å². The van der Waals surface area contributed by atoms with Gasteiger partial charge in [0.15, 0.2) is 0 Å². The van der Waals surface area contributed by atoms with Crippen LogP contribution in [0.25, 0.3) is 5.69 Å². The summed E-state index contributed by atoms with van der Waals surface area (Å²) in [6, 6.07) is 15.7. The first-order chi connectivity index (χ1) is 14.6. The number of hydrogen-bond donors (Lipinski definition) is 1. The summed E-state index contributed by atoms with van der Waals surface area (Å²) in [7, 11) is 1.66. The first kappa shape index (κ1) is 21.4. The normalized spacial score (nSPS) is 12.0. The van der Waals surface area contributed by atoms with Gasteiger partial charge in [0.25, 0.3) is 0 Å². The molecule has 1 aromatic heterocycles. The zero-order valence-corrected chi connectivity index (χ0v) is 17.7. The van der Waals surface area contributed by atoms with Crippen molar-refractivity contribution in [1.29, 1.82) is 0 Å². The highest BCUT2D eigenvalue weighted by atomic mass is 16.5. The molecule has 0 saturated carbocycles. The minimum Gasteiger partial charge on any atom is -0.497 e. The minimum absolute atomic E-state index is 0.00905. The van der Waals surface area contributed by atoms with E-state index in [1.807, 2.05) is 42.5 Å². The van der Waals surface area contributed by atoms with E-state index < -0.39 is 0 Å². The van der Waals surface area contributed by atoms with Crippen molar-refractivity contribution in [3.63, 3.8) is 0 Å². The van der Waals surface area contributed by atoms with Crippen LogP contribution in [0.4, 0.5) is 0 Å². The molecule has 0 aliphatic heterocycles. The SMILES string of the molecule is CCN(CC)C(CNC(=O)Cc1ccc(-n2cnnn2)cc1)c1cccc(OC)c1. The summed E-state index contributed by atoms with van der Waals surface area (Å²) < 4.78 is 6.95. The molecule has 8 nitrogen and oxygen atoms in total. The molecule has 158 valence electrons. The number of rotatable bonds is 10. The number of ether oxygens (including phenoxy) is 1. The number of likely N-dealkylation sites (N-methyl/N-ethyl adjacent to an activating group) is 1. The first-order valence-corrected chi connectivity index (χ1v) is 10.1. The minimum atomic E-state index is -0.00905. The molecule has 1 atom stereocenters. The maximum absolute atomic E-state index is 12.6. The van der Waals surface area contributed by atoms with Crippen molar-refractivity contribution in [2.24, 2.45) is 0 Å². The number of nitrogens with zero attached hydrogens (tertiary/aromatic N) is 5. The van der Waals surface area contributed by atoms with Gasteiger partial charge in [-0.3, -0.25) is 9.69 Å². The molecular formula is C22H28N6O2. The third-order valence-electron chi connectivity index (χ3n) is 5.14. The van der Waals surface area contributed by atoms with Gasteiger partial charge in [0, 0.05) is 6.54 Å². The Kier molecular flexibility index (Phi) is 7.51. The summed E-state index contributed by atoms with van der Waals surface area (Å²) in [5.41, 5.74) is 2.91. The average Bonchev–Trinajstić information content (AvgIpc) is 3.32. The van der Waals surface area contributed by atoms with E-state index in [0.29, 0.717) is 13.0 Å². The predicted octanol–water partition coefficient (Wildman–Crippen LogP) is 2.41. The second-order valence-electron chi connectivity index (χ2n) is 6.92. The number of methoxy groups -OCH3 is 1. The molecule has 0 spiro atoms. The van der Waals surface area contributed by atoms with Gasteiger partial charge in [-0.2, -0.15) is 0 Å². The van der Waals surface area contributed by atoms with E-state index in [1.165, 1.54) is 6.33 Å². The van der Waals surface area contributed by atoms with Gasteiger partial charge >= 0.3 is 0 Å². The smallest absolute Gasteiger partial charge is 0.224 e. The maximum Gasteiger partial charge on any atom is 0.224 e. The van der Waals surface area contributed by atoms with Gasteiger partial charge < -0.3 is 10.1 Å². The van der Waals surface area contributed by atoms with Crippen LogP contribution in [0.15, 0.2) is 54.9 Å². The lowest BCUT2D eigenvalue weighted by atomic mass is 10.0. The third kappa shape index (κ3) is 5.42. The Morgan fingerprint density at radius 3 is 2.57 bits per heavy atom. The van der Waals surface area contributed by atoms with Crippen LogP contribution in [0.3, 0.4) is 0 Å². The second kappa shape index (κ2) is 10.5. The van der Waals surface area contributed by atoms with Crippen molar-refractivity contribution in [3.05, 3.63) is 66.0 Å². The number of amides is 1. The van der Waals surface area contributed by atoms with Gasteiger partial charge in [0.1, 0.15) is 12.1 Å². The number of aromatic nitrogens is 4. The van der Waals surface area contributed by atoms with Gasteiger partial charge in [0.05, 0.1) is 25.3 Å². The van der Waals surface area contributed by atoms with Gasteiger partial charge in [-0.15, -0.1) is 5.10 Å². The van der Waals surface area contributed by atoms with Crippen molar-refractivity contribution >= 4 is 5.91 Å². The molecule has 1 heterocycles. The van der Waals surface area contributed by atoms with E-state index in [9.17, 15) is 4.79 Å². The molecule has 0 fully saturated rings. The van der Waals surface area contributed by atoms with Crippen LogP contribution in [0, 0.1) is 0 Å². The Labute approximate surface area is 176 Å². The van der Waals surface area contributed by atoms with Crippen molar-refractivity contribution < 1.29 is 9.53 Å². The molecule has 30 heavy (non-hydrogen) atoms. The second-order valence-corrected chi connectivity index (χ2v) is 6.92. The molecule has 0 aliphatic carbocycles. The fourth-order valence-corrected chi connectivity index (χ4v) is 3.48. The summed E-state index contributed by atoms with van der Waals surface area (Å²) in [5.74, 6) is 0.809. The molecule has 3 rings (SSSR count). The topological polar surface area (TPSA) is 85.2 Å². The molecule has 1 N–H and O–H groups in total. The lowest BCUT2D eigenvalue weighted by molar-refractivity contribution is -0.120. The maximum atomic E-state index is 12.6. The van der Waals surface area contributed by atoms with E-state index in [-0.39, 0.29) is 11.9 Å². The number of tetrazole rings is 1. The van der Waals surface area contributed by atoms with Crippen LogP contribution in [0.2, 0.25) is 0 Å². The van der Waals surface area contributed by atoms with Gasteiger partial charge in [-0.1, -0.05) is 38.1 Å². The fourth-order valence-electron chi connectivity index (χ4n) is 3.48. The Morgan fingerprint density at radius 1 is 1.17 bits per heavy atom. The van der Waals surface area contributed by atoms with Gasteiger partial charge in [-0.25, -0.2) is 4.68 Å². The standard InChI is InChI=1S/C22H28N6O2/c1-4-27(5-2)21(18-7-6-8-20(14-18)30-3)15-23-22(29)13-17-9-11-19(12-10-17)28-16-24-25-26-28/h6-12,14,16,21H,4-5,13,15H2,1-3H3,(H,23,29). The quantitative estimate of drug-likeness (QED) is 0.555. The fraction of sp³-hybridized carbons (Fsp3) is 0.364. The largest absolute Gasteiger partial charge is 0.497 e. The van der Waals surface area contributed by atoms with E-state index in [1.54, 1.807) is 11.8 Å². The zero-order chi connectivity index (χ0) is 21.3. The van der Waals surface area contributed by atoms with Gasteiger partial charge in [-0.05, 0) is 58.9 Å². The highest BCUT2D eigenvalue weighted by molar-refractivity contribution is 5.78. The molecule has 0 saturated heterocycles. The first-order valence-electron chi connectivity index (χ1n) is 10.1. The van der Waals surface area contributed by atoms with Crippen LogP contribution < -0.4 is 10.1 Å². The average molecular weight is 409 g/mol. The number of carbonyl (C=O) groups excluding carboxylic acids is 1. The van der Waals surface area contributed by atoms with Crippen LogP contribution >= 0.6 is 0 Å². The number of carbonyl (C=O) groups is 1. The van der Waals surface area contributed by atoms with E-state index >= 15 is 0 Å². The summed E-state index contributed by atoms with van der Waals surface area (Å²) in [4.78, 5) is 14.9. The Morgan fingerprint density at radius 2 is 1.93 bits per heavy atom. The molecule has 3 aromatic rings. The predicted molar refractivity (Wildman–Crippen MR) is 115 cm³/mol. The van der Waals surface area contributed by atoms with E-state index in [4.69, 9.17) is 4.74 Å². The molecule has 1 unspecified atom stereocenters. The summed E-state index contributed by atoms with van der Waals surface area (Å²) in [6.07, 6.45) is 1.85. The summed E-state index contributed by atoms with van der Waals surface area (Å²) >= 11 is 0. The number of benzene rings is 2.